The molecule has 128 valence electrons. The molecular formula is C17H17N5O3. The van der Waals surface area contributed by atoms with Gasteiger partial charge in [-0.2, -0.15) is 5.10 Å². The fraction of sp³-hybridized carbons (Fsp3) is 0.294. The second kappa shape index (κ2) is 6.04. The summed E-state index contributed by atoms with van der Waals surface area (Å²) in [4.78, 5) is 31.7. The first-order valence-electron chi connectivity index (χ1n) is 8.07. The lowest BCUT2D eigenvalue weighted by atomic mass is 10.1. The fourth-order valence-electron chi connectivity index (χ4n) is 3.04. The number of aromatic amines is 2. The van der Waals surface area contributed by atoms with Crippen LogP contribution in [-0.4, -0.2) is 50.2 Å². The van der Waals surface area contributed by atoms with E-state index in [4.69, 9.17) is 4.74 Å². The first-order valence-corrected chi connectivity index (χ1v) is 8.07. The number of nitrogens with one attached hydrogen (secondary N) is 2. The van der Waals surface area contributed by atoms with Crippen molar-refractivity contribution in [3.8, 4) is 17.4 Å². The maximum absolute atomic E-state index is 11.5. The van der Waals surface area contributed by atoms with Gasteiger partial charge in [0.15, 0.2) is 5.82 Å². The maximum atomic E-state index is 11.5. The van der Waals surface area contributed by atoms with Gasteiger partial charge in [-0.1, -0.05) is 18.2 Å². The number of rotatable bonds is 3. The molecule has 8 nitrogen and oxygen atoms in total. The summed E-state index contributed by atoms with van der Waals surface area (Å²) in [5, 5.41) is 8.09. The van der Waals surface area contributed by atoms with Crippen LogP contribution in [0.15, 0.2) is 35.1 Å². The number of benzene rings is 1. The third-order valence-electron chi connectivity index (χ3n) is 4.32. The Hall–Kier alpha value is -3.16. The van der Waals surface area contributed by atoms with E-state index in [0.29, 0.717) is 30.5 Å². The van der Waals surface area contributed by atoms with Crippen LogP contribution >= 0.6 is 0 Å². The van der Waals surface area contributed by atoms with Crippen molar-refractivity contribution >= 4 is 16.7 Å². The minimum atomic E-state index is -0.389. The van der Waals surface area contributed by atoms with Gasteiger partial charge in [0.25, 0.3) is 0 Å². The van der Waals surface area contributed by atoms with Gasteiger partial charge < -0.3 is 9.64 Å². The molecule has 1 saturated heterocycles. The molecule has 1 aliphatic rings. The van der Waals surface area contributed by atoms with Crippen LogP contribution in [0.3, 0.4) is 0 Å². The molecule has 0 saturated carbocycles. The monoisotopic (exact) mass is 339 g/mol. The Morgan fingerprint density at radius 2 is 2.20 bits per heavy atom. The van der Waals surface area contributed by atoms with Gasteiger partial charge in [-0.15, -0.1) is 0 Å². The van der Waals surface area contributed by atoms with Crippen molar-refractivity contribution in [3.05, 3.63) is 40.8 Å². The van der Waals surface area contributed by atoms with Gasteiger partial charge in [-0.3, -0.25) is 9.78 Å². The lowest BCUT2D eigenvalue weighted by Gasteiger charge is -2.16. The Morgan fingerprint density at radius 3 is 2.92 bits per heavy atom. The average molecular weight is 339 g/mol. The lowest BCUT2D eigenvalue weighted by Crippen LogP contribution is -2.28. The second-order valence-corrected chi connectivity index (χ2v) is 6.05. The molecule has 3 heterocycles. The van der Waals surface area contributed by atoms with Gasteiger partial charge in [-0.25, -0.2) is 14.9 Å². The number of likely N-dealkylation sites (tertiary alicyclic amines) is 1. The number of carbonyl (C=O) groups excluding carboxylic acids is 1. The molecular weight excluding hydrogens is 322 g/mol. The number of H-pyrrole nitrogens is 2. The number of pyridine rings is 1. The molecule has 0 unspecified atom stereocenters. The SMILES string of the molecule is CC(=O)N1CC[C@H](Oc2nc(-c3n[nH]c(=O)[nH]3)cc3ccccc23)C1. The van der Waals surface area contributed by atoms with E-state index >= 15 is 0 Å². The Kier molecular flexibility index (Phi) is 3.72. The maximum Gasteiger partial charge on any atom is 0.340 e. The Morgan fingerprint density at radius 1 is 1.36 bits per heavy atom. The van der Waals surface area contributed by atoms with Crippen LogP contribution in [0.4, 0.5) is 0 Å². The topological polar surface area (TPSA) is 104 Å². The minimum absolute atomic E-state index is 0.0479. The van der Waals surface area contributed by atoms with Crippen LogP contribution in [0, 0.1) is 0 Å². The molecule has 2 aromatic heterocycles. The number of fused-ring (bicyclic) bond motifs is 1. The van der Waals surface area contributed by atoms with Crippen molar-refractivity contribution in [2.45, 2.75) is 19.4 Å². The van der Waals surface area contributed by atoms with Gasteiger partial charge in [0.05, 0.1) is 6.54 Å². The van der Waals surface area contributed by atoms with Crippen molar-refractivity contribution in [1.82, 2.24) is 25.1 Å². The number of carbonyl (C=O) groups is 1. The molecule has 2 N–H and O–H groups in total. The first-order chi connectivity index (χ1) is 12.1. The number of ether oxygens (including phenoxy) is 1. The third kappa shape index (κ3) is 2.98. The predicted octanol–water partition coefficient (Wildman–Crippen LogP) is 1.31. The molecule has 8 heteroatoms. The minimum Gasteiger partial charge on any atom is -0.472 e. The number of hydrogen-bond donors (Lipinski definition) is 2. The zero-order chi connectivity index (χ0) is 17.4. The van der Waals surface area contributed by atoms with Crippen LogP contribution in [-0.2, 0) is 4.79 Å². The van der Waals surface area contributed by atoms with E-state index in [2.05, 4.69) is 20.2 Å². The van der Waals surface area contributed by atoms with E-state index in [1.165, 1.54) is 0 Å². The van der Waals surface area contributed by atoms with Gasteiger partial charge in [0.2, 0.25) is 11.8 Å². The summed E-state index contributed by atoms with van der Waals surface area (Å²) >= 11 is 0. The van der Waals surface area contributed by atoms with Crippen LogP contribution in [0.5, 0.6) is 5.88 Å². The van der Waals surface area contributed by atoms with E-state index in [-0.39, 0.29) is 17.7 Å². The normalized spacial score (nSPS) is 17.2. The summed E-state index contributed by atoms with van der Waals surface area (Å²) in [5.41, 5.74) is 0.133. The largest absolute Gasteiger partial charge is 0.472 e. The summed E-state index contributed by atoms with van der Waals surface area (Å²) in [7, 11) is 0. The molecule has 0 radical (unpaired) electrons. The summed E-state index contributed by atoms with van der Waals surface area (Å²) < 4.78 is 6.10. The molecule has 4 rings (SSSR count). The molecule has 0 aliphatic carbocycles. The van der Waals surface area contributed by atoms with Gasteiger partial charge in [-0.05, 0) is 17.5 Å². The molecule has 25 heavy (non-hydrogen) atoms. The molecule has 1 aliphatic heterocycles. The zero-order valence-corrected chi connectivity index (χ0v) is 13.7. The highest BCUT2D eigenvalue weighted by Crippen LogP contribution is 2.29. The zero-order valence-electron chi connectivity index (χ0n) is 13.7. The van der Waals surface area contributed by atoms with Crippen LogP contribution in [0.1, 0.15) is 13.3 Å². The van der Waals surface area contributed by atoms with E-state index in [9.17, 15) is 9.59 Å². The average Bonchev–Trinajstić information content (AvgIpc) is 3.24. The third-order valence-corrected chi connectivity index (χ3v) is 4.32. The standard InChI is InChI=1S/C17H17N5O3/c1-10(23)22-7-6-12(9-22)25-16-13-5-3-2-4-11(13)8-14(18-16)15-19-17(24)21-20-15/h2-5,8,12H,6-7,9H2,1H3,(H2,19,20,21,24)/t12-/m0/s1. The molecule has 3 aromatic rings. The summed E-state index contributed by atoms with van der Waals surface area (Å²) in [6, 6.07) is 9.59. The van der Waals surface area contributed by atoms with E-state index in [1.54, 1.807) is 11.8 Å². The number of hydrogen-bond acceptors (Lipinski definition) is 5. The van der Waals surface area contributed by atoms with Crippen LogP contribution in [0.2, 0.25) is 0 Å². The highest BCUT2D eigenvalue weighted by Gasteiger charge is 2.26. The quantitative estimate of drug-likeness (QED) is 0.749. The van der Waals surface area contributed by atoms with Crippen LogP contribution in [0.25, 0.3) is 22.3 Å². The van der Waals surface area contributed by atoms with Crippen molar-refractivity contribution in [2.24, 2.45) is 0 Å². The predicted molar refractivity (Wildman–Crippen MR) is 91.2 cm³/mol. The highest BCUT2D eigenvalue weighted by molar-refractivity contribution is 5.89. The number of nitrogens with zero attached hydrogens (tertiary/aromatic N) is 3. The number of aromatic nitrogens is 4. The summed E-state index contributed by atoms with van der Waals surface area (Å²) in [6.45, 7) is 2.80. The Labute approximate surface area is 142 Å². The highest BCUT2D eigenvalue weighted by atomic mass is 16.5. The van der Waals surface area contributed by atoms with Crippen LogP contribution < -0.4 is 10.4 Å². The molecule has 0 spiro atoms. The van der Waals surface area contributed by atoms with Gasteiger partial charge in [0, 0.05) is 25.3 Å². The summed E-state index contributed by atoms with van der Waals surface area (Å²) in [6.07, 6.45) is 0.660. The molecule has 1 amide bonds. The van der Waals surface area contributed by atoms with Crippen molar-refractivity contribution in [2.75, 3.05) is 13.1 Å². The van der Waals surface area contributed by atoms with Gasteiger partial charge in [0.1, 0.15) is 11.8 Å². The second-order valence-electron chi connectivity index (χ2n) is 6.05. The lowest BCUT2D eigenvalue weighted by molar-refractivity contribution is -0.128. The molecule has 1 atom stereocenters. The Bertz CT molecular complexity index is 993. The van der Waals surface area contributed by atoms with E-state index in [1.807, 2.05) is 30.3 Å². The Balaban J connectivity index is 1.72. The van der Waals surface area contributed by atoms with E-state index < -0.39 is 0 Å². The fourth-order valence-corrected chi connectivity index (χ4v) is 3.04. The molecule has 1 fully saturated rings. The van der Waals surface area contributed by atoms with Gasteiger partial charge >= 0.3 is 5.69 Å². The van der Waals surface area contributed by atoms with Crippen molar-refractivity contribution < 1.29 is 9.53 Å². The number of amides is 1. The smallest absolute Gasteiger partial charge is 0.340 e. The van der Waals surface area contributed by atoms with E-state index in [0.717, 1.165) is 17.2 Å². The summed E-state index contributed by atoms with van der Waals surface area (Å²) in [5.74, 6) is 0.886. The van der Waals surface area contributed by atoms with Crippen molar-refractivity contribution in [3.63, 3.8) is 0 Å². The molecule has 0 bridgehead atoms. The first kappa shape index (κ1) is 15.4. The molecule has 1 aromatic carbocycles. The van der Waals surface area contributed by atoms with Crippen molar-refractivity contribution in [1.29, 1.82) is 0 Å².